The molecule has 0 aromatic carbocycles. The van der Waals surface area contributed by atoms with Crippen LogP contribution in [0.1, 0.15) is 44.9 Å². The maximum absolute atomic E-state index is 12.6. The van der Waals surface area contributed by atoms with Crippen molar-refractivity contribution in [2.24, 2.45) is 11.8 Å². The molecule has 5 nitrogen and oxygen atoms in total. The average Bonchev–Trinajstić information content (AvgIpc) is 3.16. The van der Waals surface area contributed by atoms with Crippen molar-refractivity contribution >= 4 is 27.3 Å². The van der Waals surface area contributed by atoms with Gasteiger partial charge in [0.15, 0.2) is 0 Å². The van der Waals surface area contributed by atoms with E-state index in [4.69, 9.17) is 0 Å². The van der Waals surface area contributed by atoms with Gasteiger partial charge < -0.3 is 5.32 Å². The predicted octanol–water partition coefficient (Wildman–Crippen LogP) is 2.85. The molecule has 1 N–H and O–H groups in total. The molecule has 2 aliphatic rings. The minimum atomic E-state index is -3.45. The number of carbonyl (C=O) groups is 1. The first-order valence-electron chi connectivity index (χ1n) is 8.89. The van der Waals surface area contributed by atoms with Crippen molar-refractivity contribution < 1.29 is 13.2 Å². The van der Waals surface area contributed by atoms with Crippen LogP contribution in [0.3, 0.4) is 0 Å². The van der Waals surface area contributed by atoms with Gasteiger partial charge in [-0.25, -0.2) is 8.42 Å². The first-order valence-corrected chi connectivity index (χ1v) is 11.2. The zero-order chi connectivity index (χ0) is 17.0. The Kier molecular flexibility index (Phi) is 5.94. The van der Waals surface area contributed by atoms with Crippen molar-refractivity contribution in [3.05, 3.63) is 17.5 Å². The van der Waals surface area contributed by atoms with Gasteiger partial charge in [0, 0.05) is 19.6 Å². The zero-order valence-electron chi connectivity index (χ0n) is 13.9. The Labute approximate surface area is 148 Å². The number of hydrogen-bond acceptors (Lipinski definition) is 4. The first-order chi connectivity index (χ1) is 11.6. The largest absolute Gasteiger partial charge is 0.356 e. The van der Waals surface area contributed by atoms with Crippen LogP contribution < -0.4 is 5.32 Å². The SMILES string of the molecule is O=C(NCC1CCCCC1)C1CCCN(S(=O)(=O)c2cccs2)C1. The Morgan fingerprint density at radius 1 is 1.21 bits per heavy atom. The van der Waals surface area contributed by atoms with Gasteiger partial charge in [-0.3, -0.25) is 4.79 Å². The third-order valence-corrected chi connectivity index (χ3v) is 8.37. The maximum Gasteiger partial charge on any atom is 0.252 e. The van der Waals surface area contributed by atoms with Crippen LogP contribution in [-0.2, 0) is 14.8 Å². The van der Waals surface area contributed by atoms with Crippen molar-refractivity contribution in [3.63, 3.8) is 0 Å². The van der Waals surface area contributed by atoms with E-state index in [2.05, 4.69) is 5.32 Å². The molecule has 2 fully saturated rings. The van der Waals surface area contributed by atoms with Gasteiger partial charge in [0.05, 0.1) is 5.92 Å². The number of thiophene rings is 1. The molecular weight excluding hydrogens is 344 g/mol. The summed E-state index contributed by atoms with van der Waals surface area (Å²) in [5.41, 5.74) is 0. The molecule has 1 unspecified atom stereocenters. The van der Waals surface area contributed by atoms with Crippen LogP contribution in [0.5, 0.6) is 0 Å². The smallest absolute Gasteiger partial charge is 0.252 e. The fourth-order valence-electron chi connectivity index (χ4n) is 3.69. The second-order valence-corrected chi connectivity index (χ2v) is 10.00. The molecule has 7 heteroatoms. The standard InChI is InChI=1S/C17H26N2O3S2/c20-17(18-12-14-6-2-1-3-7-14)15-8-4-10-19(13-15)24(21,22)16-9-5-11-23-16/h5,9,11,14-15H,1-4,6-8,10,12-13H2,(H,18,20). The minimum absolute atomic E-state index is 0.0200. The summed E-state index contributed by atoms with van der Waals surface area (Å²) in [5.74, 6) is 0.390. The number of piperidine rings is 1. The van der Waals surface area contributed by atoms with Crippen LogP contribution in [0.15, 0.2) is 21.7 Å². The molecule has 1 atom stereocenters. The summed E-state index contributed by atoms with van der Waals surface area (Å²) < 4.78 is 27.1. The topological polar surface area (TPSA) is 66.5 Å². The fraction of sp³-hybridized carbons (Fsp3) is 0.706. The molecule has 134 valence electrons. The van der Waals surface area contributed by atoms with Crippen molar-refractivity contribution in [2.45, 2.75) is 49.2 Å². The summed E-state index contributed by atoms with van der Waals surface area (Å²) in [4.78, 5) is 12.5. The van der Waals surface area contributed by atoms with E-state index in [0.29, 0.717) is 23.2 Å². The van der Waals surface area contributed by atoms with E-state index in [1.165, 1.54) is 47.7 Å². The first kappa shape index (κ1) is 17.9. The van der Waals surface area contributed by atoms with E-state index in [0.717, 1.165) is 19.4 Å². The van der Waals surface area contributed by atoms with Crippen LogP contribution in [0.25, 0.3) is 0 Å². The summed E-state index contributed by atoms with van der Waals surface area (Å²) in [5, 5.41) is 4.84. The Balaban J connectivity index is 1.56. The Morgan fingerprint density at radius 3 is 2.71 bits per heavy atom. The monoisotopic (exact) mass is 370 g/mol. The number of nitrogens with zero attached hydrogens (tertiary/aromatic N) is 1. The van der Waals surface area contributed by atoms with Crippen LogP contribution in [0.4, 0.5) is 0 Å². The molecule has 0 radical (unpaired) electrons. The normalized spacial score (nSPS) is 23.9. The van der Waals surface area contributed by atoms with Gasteiger partial charge in [-0.1, -0.05) is 25.3 Å². The van der Waals surface area contributed by atoms with E-state index < -0.39 is 10.0 Å². The predicted molar refractivity (Wildman–Crippen MR) is 95.4 cm³/mol. The summed E-state index contributed by atoms with van der Waals surface area (Å²) in [7, 11) is -3.45. The molecule has 1 aliphatic carbocycles. The third kappa shape index (κ3) is 4.18. The van der Waals surface area contributed by atoms with E-state index >= 15 is 0 Å². The Morgan fingerprint density at radius 2 is 2.00 bits per heavy atom. The maximum atomic E-state index is 12.6. The molecular formula is C17H26N2O3S2. The lowest BCUT2D eigenvalue weighted by molar-refractivity contribution is -0.126. The van der Waals surface area contributed by atoms with Gasteiger partial charge in [0.25, 0.3) is 10.0 Å². The summed E-state index contributed by atoms with van der Waals surface area (Å²) in [6.45, 7) is 1.55. The average molecular weight is 371 g/mol. The molecule has 2 heterocycles. The molecule has 3 rings (SSSR count). The second-order valence-electron chi connectivity index (χ2n) is 6.88. The van der Waals surface area contributed by atoms with E-state index in [1.807, 2.05) is 0 Å². The van der Waals surface area contributed by atoms with Crippen LogP contribution >= 0.6 is 11.3 Å². The number of sulfonamides is 1. The van der Waals surface area contributed by atoms with Crippen molar-refractivity contribution in [3.8, 4) is 0 Å². The summed E-state index contributed by atoms with van der Waals surface area (Å²) in [6.07, 6.45) is 7.74. The number of carbonyl (C=O) groups excluding carboxylic acids is 1. The number of hydrogen-bond donors (Lipinski definition) is 1. The molecule has 1 aliphatic heterocycles. The Hall–Kier alpha value is -0.920. The van der Waals surface area contributed by atoms with Gasteiger partial charge in [-0.15, -0.1) is 11.3 Å². The van der Waals surface area contributed by atoms with E-state index in [-0.39, 0.29) is 11.8 Å². The molecule has 1 saturated heterocycles. The number of nitrogens with one attached hydrogen (secondary N) is 1. The van der Waals surface area contributed by atoms with Crippen molar-refractivity contribution in [2.75, 3.05) is 19.6 Å². The molecule has 1 amide bonds. The number of amides is 1. The van der Waals surface area contributed by atoms with Gasteiger partial charge in [-0.05, 0) is 43.0 Å². The van der Waals surface area contributed by atoms with Crippen LogP contribution in [0, 0.1) is 11.8 Å². The van der Waals surface area contributed by atoms with Crippen molar-refractivity contribution in [1.29, 1.82) is 0 Å². The highest BCUT2D eigenvalue weighted by atomic mass is 32.2. The molecule has 1 aromatic rings. The van der Waals surface area contributed by atoms with Crippen LogP contribution in [-0.4, -0.2) is 38.3 Å². The fourth-order valence-corrected chi connectivity index (χ4v) is 6.36. The van der Waals surface area contributed by atoms with Gasteiger partial charge in [0.2, 0.25) is 5.91 Å². The molecule has 0 bridgehead atoms. The van der Waals surface area contributed by atoms with E-state index in [1.54, 1.807) is 17.5 Å². The van der Waals surface area contributed by atoms with Gasteiger partial charge >= 0.3 is 0 Å². The quantitative estimate of drug-likeness (QED) is 0.867. The molecule has 1 aromatic heterocycles. The highest BCUT2D eigenvalue weighted by Crippen LogP contribution is 2.27. The highest BCUT2D eigenvalue weighted by Gasteiger charge is 2.33. The summed E-state index contributed by atoms with van der Waals surface area (Å²) >= 11 is 1.23. The molecule has 24 heavy (non-hydrogen) atoms. The lowest BCUT2D eigenvalue weighted by atomic mass is 9.89. The molecule has 1 saturated carbocycles. The van der Waals surface area contributed by atoms with Crippen molar-refractivity contribution in [1.82, 2.24) is 9.62 Å². The van der Waals surface area contributed by atoms with E-state index in [9.17, 15) is 13.2 Å². The second kappa shape index (κ2) is 7.97. The summed E-state index contributed by atoms with van der Waals surface area (Å²) in [6, 6.07) is 3.38. The van der Waals surface area contributed by atoms with Crippen LogP contribution in [0.2, 0.25) is 0 Å². The molecule has 0 spiro atoms. The van der Waals surface area contributed by atoms with Gasteiger partial charge in [0.1, 0.15) is 4.21 Å². The lowest BCUT2D eigenvalue weighted by Gasteiger charge is -2.31. The Bertz CT molecular complexity index is 637. The number of rotatable bonds is 5. The third-order valence-electron chi connectivity index (χ3n) is 5.13. The minimum Gasteiger partial charge on any atom is -0.356 e. The highest BCUT2D eigenvalue weighted by molar-refractivity contribution is 7.91. The lowest BCUT2D eigenvalue weighted by Crippen LogP contribution is -2.46. The zero-order valence-corrected chi connectivity index (χ0v) is 15.6. The van der Waals surface area contributed by atoms with Gasteiger partial charge in [-0.2, -0.15) is 4.31 Å².